The van der Waals surface area contributed by atoms with Gasteiger partial charge in [-0.15, -0.1) is 10.2 Å². The molecule has 2 aliphatic rings. The summed E-state index contributed by atoms with van der Waals surface area (Å²) in [6.45, 7) is 5.88. The average molecular weight is 412 g/mol. The first kappa shape index (κ1) is 20.0. The Morgan fingerprint density at radius 3 is 2.48 bits per heavy atom. The number of ether oxygens (including phenoxy) is 1. The van der Waals surface area contributed by atoms with E-state index >= 15 is 0 Å². The van der Waals surface area contributed by atoms with Crippen molar-refractivity contribution in [1.82, 2.24) is 25.1 Å². The van der Waals surface area contributed by atoms with E-state index in [1.54, 1.807) is 0 Å². The van der Waals surface area contributed by atoms with Gasteiger partial charge in [0.15, 0.2) is 0 Å². The fourth-order valence-electron chi connectivity index (χ4n) is 3.63. The second-order valence-electron chi connectivity index (χ2n) is 7.34. The van der Waals surface area contributed by atoms with Crippen LogP contribution in [0.3, 0.4) is 0 Å². The van der Waals surface area contributed by atoms with Gasteiger partial charge in [-0.05, 0) is 19.8 Å². The summed E-state index contributed by atoms with van der Waals surface area (Å²) in [6, 6.07) is 1.01. The Morgan fingerprint density at radius 1 is 1.07 bits per heavy atom. The summed E-state index contributed by atoms with van der Waals surface area (Å²) in [6.07, 6.45) is -2.71. The van der Waals surface area contributed by atoms with Crippen LogP contribution in [0.2, 0.25) is 0 Å². The van der Waals surface area contributed by atoms with Crippen LogP contribution in [0, 0.1) is 6.92 Å². The third kappa shape index (κ3) is 4.84. The van der Waals surface area contributed by atoms with Crippen molar-refractivity contribution in [3.63, 3.8) is 0 Å². The lowest BCUT2D eigenvalue weighted by molar-refractivity contribution is -0.141. The molecule has 8 nitrogen and oxygen atoms in total. The first-order valence-electron chi connectivity index (χ1n) is 9.69. The number of hydrogen-bond donors (Lipinski definition) is 0. The zero-order chi connectivity index (χ0) is 20.4. The third-order valence-corrected chi connectivity index (χ3v) is 5.22. The molecular weight excluding hydrogens is 389 g/mol. The van der Waals surface area contributed by atoms with Gasteiger partial charge in [0.2, 0.25) is 11.8 Å². The third-order valence-electron chi connectivity index (χ3n) is 5.22. The molecule has 2 aliphatic heterocycles. The zero-order valence-electron chi connectivity index (χ0n) is 16.2. The van der Waals surface area contributed by atoms with Crippen molar-refractivity contribution in [3.05, 3.63) is 29.4 Å². The fraction of sp³-hybridized carbons (Fsp3) is 0.667. The maximum absolute atomic E-state index is 13.0. The summed E-state index contributed by atoms with van der Waals surface area (Å²) >= 11 is 0. The maximum Gasteiger partial charge on any atom is 0.433 e. The van der Waals surface area contributed by atoms with E-state index in [9.17, 15) is 13.2 Å². The molecule has 2 aromatic heterocycles. The van der Waals surface area contributed by atoms with Crippen molar-refractivity contribution >= 4 is 5.82 Å². The van der Waals surface area contributed by atoms with Crippen molar-refractivity contribution in [3.8, 4) is 0 Å². The van der Waals surface area contributed by atoms with Crippen LogP contribution in [0.5, 0.6) is 0 Å². The van der Waals surface area contributed by atoms with Gasteiger partial charge in [-0.25, -0.2) is 9.97 Å². The summed E-state index contributed by atoms with van der Waals surface area (Å²) < 4.78 is 50.2. The Balaban J connectivity index is 1.34. The van der Waals surface area contributed by atoms with E-state index in [-0.39, 0.29) is 11.7 Å². The second kappa shape index (κ2) is 8.23. The van der Waals surface area contributed by atoms with Gasteiger partial charge in [0, 0.05) is 51.4 Å². The first-order valence-corrected chi connectivity index (χ1v) is 9.69. The average Bonchev–Trinajstić information content (AvgIpc) is 3.17. The van der Waals surface area contributed by atoms with E-state index < -0.39 is 11.9 Å². The molecule has 2 aromatic rings. The number of hydrogen-bond acceptors (Lipinski definition) is 8. The zero-order valence-corrected chi connectivity index (χ0v) is 16.2. The molecule has 0 aliphatic carbocycles. The van der Waals surface area contributed by atoms with Crippen molar-refractivity contribution in [2.45, 2.75) is 38.4 Å². The van der Waals surface area contributed by atoms with Crippen LogP contribution in [0.25, 0.3) is 0 Å². The van der Waals surface area contributed by atoms with Gasteiger partial charge in [-0.1, -0.05) is 0 Å². The quantitative estimate of drug-likeness (QED) is 0.758. The van der Waals surface area contributed by atoms with Gasteiger partial charge in [-0.3, -0.25) is 4.90 Å². The smallest absolute Gasteiger partial charge is 0.424 e. The monoisotopic (exact) mass is 412 g/mol. The Morgan fingerprint density at radius 2 is 1.79 bits per heavy atom. The normalized spacial score (nSPS) is 19.7. The summed E-state index contributed by atoms with van der Waals surface area (Å²) in [5.74, 6) is 1.91. The lowest BCUT2D eigenvalue weighted by Gasteiger charge is -2.34. The molecule has 4 heterocycles. The van der Waals surface area contributed by atoms with E-state index in [0.717, 1.165) is 18.9 Å². The summed E-state index contributed by atoms with van der Waals surface area (Å²) in [5.41, 5.74) is -0.908. The standard InChI is InChI=1S/C18H23F3N6O2/c1-12-22-14(18(19,20)21)10-15(23-12)27-6-4-26(5-7-27)11-16-24-25-17(29-16)13-2-8-28-9-3-13/h10,13H,2-9,11H2,1H3. The number of aryl methyl sites for hydroxylation is 1. The van der Waals surface area contributed by atoms with Crippen molar-refractivity contribution in [1.29, 1.82) is 0 Å². The lowest BCUT2D eigenvalue weighted by atomic mass is 10.0. The molecule has 0 spiro atoms. The van der Waals surface area contributed by atoms with Crippen LogP contribution in [-0.2, 0) is 17.5 Å². The summed E-state index contributed by atoms with van der Waals surface area (Å²) in [7, 11) is 0. The number of rotatable bonds is 4. The molecule has 4 rings (SSSR count). The highest BCUT2D eigenvalue weighted by molar-refractivity contribution is 5.41. The highest BCUT2D eigenvalue weighted by atomic mass is 19.4. The maximum atomic E-state index is 13.0. The number of anilines is 1. The predicted octanol–water partition coefficient (Wildman–Crippen LogP) is 2.40. The highest BCUT2D eigenvalue weighted by Crippen LogP contribution is 2.30. The van der Waals surface area contributed by atoms with Gasteiger partial charge < -0.3 is 14.1 Å². The van der Waals surface area contributed by atoms with Crippen molar-refractivity contribution < 1.29 is 22.3 Å². The van der Waals surface area contributed by atoms with Crippen LogP contribution in [0.15, 0.2) is 10.5 Å². The van der Waals surface area contributed by atoms with Crippen molar-refractivity contribution in [2.24, 2.45) is 0 Å². The summed E-state index contributed by atoms with van der Waals surface area (Å²) in [5, 5.41) is 8.33. The van der Waals surface area contributed by atoms with Crippen LogP contribution >= 0.6 is 0 Å². The van der Waals surface area contributed by atoms with Crippen LogP contribution < -0.4 is 4.90 Å². The van der Waals surface area contributed by atoms with Gasteiger partial charge in [0.05, 0.1) is 6.54 Å². The number of halogens is 3. The topological polar surface area (TPSA) is 80.4 Å². The first-order chi connectivity index (χ1) is 13.9. The Bertz CT molecular complexity index is 829. The Kier molecular flexibility index (Phi) is 5.68. The predicted molar refractivity (Wildman–Crippen MR) is 96.4 cm³/mol. The minimum atomic E-state index is -4.48. The molecule has 0 N–H and O–H groups in total. The van der Waals surface area contributed by atoms with E-state index in [2.05, 4.69) is 25.1 Å². The van der Waals surface area contributed by atoms with E-state index in [4.69, 9.17) is 9.15 Å². The van der Waals surface area contributed by atoms with E-state index in [1.807, 2.05) is 4.90 Å². The van der Waals surface area contributed by atoms with Gasteiger partial charge >= 0.3 is 6.18 Å². The minimum Gasteiger partial charge on any atom is -0.424 e. The van der Waals surface area contributed by atoms with Gasteiger partial charge in [-0.2, -0.15) is 13.2 Å². The number of nitrogens with zero attached hydrogens (tertiary/aromatic N) is 6. The summed E-state index contributed by atoms with van der Waals surface area (Å²) in [4.78, 5) is 11.7. The largest absolute Gasteiger partial charge is 0.433 e. The molecule has 0 aromatic carbocycles. The molecule has 0 amide bonds. The van der Waals surface area contributed by atoms with E-state index in [1.165, 1.54) is 6.92 Å². The van der Waals surface area contributed by atoms with Crippen LogP contribution in [0.4, 0.5) is 19.0 Å². The molecule has 2 saturated heterocycles. The molecule has 29 heavy (non-hydrogen) atoms. The number of alkyl halides is 3. The van der Waals surface area contributed by atoms with Crippen LogP contribution in [0.1, 0.15) is 42.1 Å². The molecular formula is C18H23F3N6O2. The Hall–Kier alpha value is -2.27. The molecule has 0 saturated carbocycles. The molecule has 0 radical (unpaired) electrons. The molecule has 0 unspecified atom stereocenters. The molecule has 0 atom stereocenters. The van der Waals surface area contributed by atoms with Gasteiger partial charge in [0.1, 0.15) is 17.3 Å². The Labute approximate surface area is 166 Å². The van der Waals surface area contributed by atoms with Crippen LogP contribution in [-0.4, -0.2) is 64.5 Å². The lowest BCUT2D eigenvalue weighted by Crippen LogP contribution is -2.46. The highest BCUT2D eigenvalue weighted by Gasteiger charge is 2.34. The fourth-order valence-corrected chi connectivity index (χ4v) is 3.63. The van der Waals surface area contributed by atoms with Crippen molar-refractivity contribution in [2.75, 3.05) is 44.3 Å². The van der Waals surface area contributed by atoms with Gasteiger partial charge in [0.25, 0.3) is 0 Å². The van der Waals surface area contributed by atoms with E-state index in [0.29, 0.717) is 63.5 Å². The molecule has 0 bridgehead atoms. The number of piperazine rings is 1. The number of aromatic nitrogens is 4. The SMILES string of the molecule is Cc1nc(N2CCN(Cc3nnc(C4CCOCC4)o3)CC2)cc(C(F)(F)F)n1. The second-order valence-corrected chi connectivity index (χ2v) is 7.34. The molecule has 158 valence electrons. The molecule has 11 heteroatoms. The molecule has 2 fully saturated rings. The minimum absolute atomic E-state index is 0.115.